The molecule has 0 aliphatic heterocycles. The van der Waals surface area contributed by atoms with E-state index in [2.05, 4.69) is 16.0 Å². The Morgan fingerprint density at radius 2 is 1.91 bits per heavy atom. The van der Waals surface area contributed by atoms with Crippen molar-refractivity contribution >= 4 is 11.9 Å². The quantitative estimate of drug-likeness (QED) is 0.772. The lowest BCUT2D eigenvalue weighted by atomic mass is 9.96. The molecule has 3 N–H and O–H groups in total. The summed E-state index contributed by atoms with van der Waals surface area (Å²) < 4.78 is 2.03. The summed E-state index contributed by atoms with van der Waals surface area (Å²) in [7, 11) is 1.96. The summed E-state index contributed by atoms with van der Waals surface area (Å²) in [6.07, 6.45) is 5.66. The van der Waals surface area contributed by atoms with Gasteiger partial charge in [-0.1, -0.05) is 19.3 Å². The fourth-order valence-corrected chi connectivity index (χ4v) is 2.74. The largest absolute Gasteiger partial charge is 0.350 e. The van der Waals surface area contributed by atoms with Gasteiger partial charge in [0.15, 0.2) is 0 Å². The highest BCUT2D eigenvalue weighted by atomic mass is 16.2. The number of carbonyl (C=O) groups excluding carboxylic acids is 2. The number of rotatable bonds is 5. The smallest absolute Gasteiger partial charge is 0.315 e. The number of urea groups is 1. The first-order valence-electron chi connectivity index (χ1n) is 7.98. The van der Waals surface area contributed by atoms with Crippen LogP contribution in [0.25, 0.3) is 0 Å². The lowest BCUT2D eigenvalue weighted by Crippen LogP contribution is -2.46. The maximum absolute atomic E-state index is 11.8. The minimum atomic E-state index is -0.253. The summed E-state index contributed by atoms with van der Waals surface area (Å²) in [6.45, 7) is 2.49. The van der Waals surface area contributed by atoms with Crippen molar-refractivity contribution in [2.24, 2.45) is 7.05 Å². The third-order valence-corrected chi connectivity index (χ3v) is 4.29. The SMILES string of the molecule is Cc1ccc(CNC(=O)CNC(=O)NC2CCCCC2)n1C. The van der Waals surface area contributed by atoms with Crippen LogP contribution in [0.1, 0.15) is 43.5 Å². The van der Waals surface area contributed by atoms with Crippen molar-refractivity contribution in [2.75, 3.05) is 6.54 Å². The van der Waals surface area contributed by atoms with Crippen LogP contribution in [-0.2, 0) is 18.4 Å². The zero-order valence-electron chi connectivity index (χ0n) is 13.4. The second kappa shape index (κ2) is 7.87. The molecule has 122 valence electrons. The molecule has 6 heteroatoms. The van der Waals surface area contributed by atoms with Crippen LogP contribution < -0.4 is 16.0 Å². The second-order valence-electron chi connectivity index (χ2n) is 5.96. The first-order valence-corrected chi connectivity index (χ1v) is 7.98. The van der Waals surface area contributed by atoms with Crippen molar-refractivity contribution in [3.8, 4) is 0 Å². The third-order valence-electron chi connectivity index (χ3n) is 4.29. The first kappa shape index (κ1) is 16.4. The standard InChI is InChI=1S/C16H26N4O2/c1-12-8-9-14(20(12)2)10-17-15(21)11-18-16(22)19-13-6-4-3-5-7-13/h8-9,13H,3-7,10-11H2,1-2H3,(H,17,21)(H2,18,19,22). The van der Waals surface area contributed by atoms with E-state index in [0.717, 1.165) is 24.2 Å². The molecule has 1 heterocycles. The molecule has 0 spiro atoms. The molecule has 1 aromatic rings. The minimum Gasteiger partial charge on any atom is -0.350 e. The van der Waals surface area contributed by atoms with Crippen LogP contribution in [0.5, 0.6) is 0 Å². The number of nitrogens with zero attached hydrogens (tertiary/aromatic N) is 1. The Morgan fingerprint density at radius 1 is 1.18 bits per heavy atom. The Bertz CT molecular complexity index is 518. The van der Waals surface area contributed by atoms with Gasteiger partial charge in [0.2, 0.25) is 5.91 Å². The van der Waals surface area contributed by atoms with E-state index in [1.807, 2.05) is 30.7 Å². The minimum absolute atomic E-state index is 0.00194. The van der Waals surface area contributed by atoms with Gasteiger partial charge < -0.3 is 20.5 Å². The molecule has 1 aliphatic rings. The summed E-state index contributed by atoms with van der Waals surface area (Å²) in [5, 5.41) is 8.35. The van der Waals surface area contributed by atoms with Gasteiger partial charge in [0.1, 0.15) is 0 Å². The van der Waals surface area contributed by atoms with E-state index in [1.165, 1.54) is 19.3 Å². The van der Waals surface area contributed by atoms with Gasteiger partial charge in [-0.2, -0.15) is 0 Å². The average Bonchev–Trinajstić information content (AvgIpc) is 2.83. The monoisotopic (exact) mass is 306 g/mol. The topological polar surface area (TPSA) is 75.2 Å². The van der Waals surface area contributed by atoms with E-state index in [-0.39, 0.29) is 24.5 Å². The van der Waals surface area contributed by atoms with Gasteiger partial charge in [0.05, 0.1) is 13.1 Å². The summed E-state index contributed by atoms with van der Waals surface area (Å²) in [6, 6.07) is 4.00. The van der Waals surface area contributed by atoms with Gasteiger partial charge >= 0.3 is 6.03 Å². The Kier molecular flexibility index (Phi) is 5.86. The fourth-order valence-electron chi connectivity index (χ4n) is 2.74. The van der Waals surface area contributed by atoms with Gasteiger partial charge in [0.25, 0.3) is 0 Å². The number of hydrogen-bond donors (Lipinski definition) is 3. The predicted molar refractivity (Wildman–Crippen MR) is 85.4 cm³/mol. The van der Waals surface area contributed by atoms with Crippen molar-refractivity contribution in [1.82, 2.24) is 20.5 Å². The summed E-state index contributed by atoms with van der Waals surface area (Å²) >= 11 is 0. The van der Waals surface area contributed by atoms with Gasteiger partial charge in [-0.05, 0) is 31.9 Å². The molecule has 0 unspecified atom stereocenters. The Balaban J connectivity index is 1.64. The Hall–Kier alpha value is -1.98. The maximum atomic E-state index is 11.8. The molecule has 0 aromatic carbocycles. The normalized spacial score (nSPS) is 15.4. The van der Waals surface area contributed by atoms with E-state index >= 15 is 0 Å². The zero-order valence-corrected chi connectivity index (χ0v) is 13.4. The number of amides is 3. The van der Waals surface area contributed by atoms with Gasteiger partial charge in [-0.15, -0.1) is 0 Å². The number of carbonyl (C=O) groups is 2. The Morgan fingerprint density at radius 3 is 2.55 bits per heavy atom. The maximum Gasteiger partial charge on any atom is 0.315 e. The van der Waals surface area contributed by atoms with Crippen LogP contribution in [0.3, 0.4) is 0 Å². The number of aryl methyl sites for hydroxylation is 1. The van der Waals surface area contributed by atoms with Crippen molar-refractivity contribution in [2.45, 2.75) is 51.6 Å². The molecule has 6 nitrogen and oxygen atoms in total. The molecule has 0 radical (unpaired) electrons. The van der Waals surface area contributed by atoms with Crippen LogP contribution in [0, 0.1) is 6.92 Å². The molecular formula is C16H26N4O2. The fraction of sp³-hybridized carbons (Fsp3) is 0.625. The number of aromatic nitrogens is 1. The lowest BCUT2D eigenvalue weighted by Gasteiger charge is -2.22. The predicted octanol–water partition coefficient (Wildman–Crippen LogP) is 1.58. The van der Waals surface area contributed by atoms with Crippen LogP contribution in [0.2, 0.25) is 0 Å². The molecule has 0 bridgehead atoms. The molecular weight excluding hydrogens is 280 g/mol. The van der Waals surface area contributed by atoms with Crippen molar-refractivity contribution in [3.05, 3.63) is 23.5 Å². The van der Waals surface area contributed by atoms with Crippen LogP contribution in [0.4, 0.5) is 4.79 Å². The lowest BCUT2D eigenvalue weighted by molar-refractivity contribution is -0.120. The molecule has 0 atom stereocenters. The van der Waals surface area contributed by atoms with Gasteiger partial charge in [-0.3, -0.25) is 4.79 Å². The van der Waals surface area contributed by atoms with Crippen molar-refractivity contribution < 1.29 is 9.59 Å². The van der Waals surface area contributed by atoms with Crippen molar-refractivity contribution in [1.29, 1.82) is 0 Å². The molecule has 22 heavy (non-hydrogen) atoms. The van der Waals surface area contributed by atoms with E-state index in [4.69, 9.17) is 0 Å². The summed E-state index contributed by atoms with van der Waals surface area (Å²) in [5.74, 6) is -0.183. The second-order valence-corrected chi connectivity index (χ2v) is 5.96. The Labute approximate surface area is 131 Å². The van der Waals surface area contributed by atoms with Crippen molar-refractivity contribution in [3.63, 3.8) is 0 Å². The molecule has 2 rings (SSSR count). The molecule has 1 saturated carbocycles. The van der Waals surface area contributed by atoms with Crippen LogP contribution in [0.15, 0.2) is 12.1 Å². The van der Waals surface area contributed by atoms with E-state index in [1.54, 1.807) is 0 Å². The van der Waals surface area contributed by atoms with E-state index < -0.39 is 0 Å². The summed E-state index contributed by atoms with van der Waals surface area (Å²) in [4.78, 5) is 23.5. The number of nitrogens with one attached hydrogen (secondary N) is 3. The zero-order chi connectivity index (χ0) is 15.9. The molecule has 3 amide bonds. The highest BCUT2D eigenvalue weighted by Crippen LogP contribution is 2.17. The van der Waals surface area contributed by atoms with Gasteiger partial charge in [-0.25, -0.2) is 4.79 Å². The van der Waals surface area contributed by atoms with E-state index in [0.29, 0.717) is 6.54 Å². The average molecular weight is 306 g/mol. The molecule has 0 saturated heterocycles. The number of hydrogen-bond acceptors (Lipinski definition) is 2. The molecule has 1 aromatic heterocycles. The molecule has 1 fully saturated rings. The van der Waals surface area contributed by atoms with E-state index in [9.17, 15) is 9.59 Å². The molecule has 1 aliphatic carbocycles. The highest BCUT2D eigenvalue weighted by Gasteiger charge is 2.15. The van der Waals surface area contributed by atoms with Crippen LogP contribution in [-0.4, -0.2) is 29.1 Å². The summed E-state index contributed by atoms with van der Waals surface area (Å²) in [5.41, 5.74) is 2.19. The van der Waals surface area contributed by atoms with Crippen LogP contribution >= 0.6 is 0 Å². The first-order chi connectivity index (χ1) is 10.6. The highest BCUT2D eigenvalue weighted by molar-refractivity contribution is 5.83. The third kappa shape index (κ3) is 4.79. The van der Waals surface area contributed by atoms with Gasteiger partial charge in [0, 0.05) is 24.5 Å².